The minimum Gasteiger partial charge on any atom is -0.394 e. The molecule has 1 saturated carbocycles. The molecule has 2 aliphatic rings. The zero-order valence-electron chi connectivity index (χ0n) is 12.8. The average Bonchev–Trinajstić information content (AvgIpc) is 3.26. The number of hydrogen-bond acceptors (Lipinski definition) is 4. The first kappa shape index (κ1) is 15.5. The van der Waals surface area contributed by atoms with Crippen molar-refractivity contribution in [2.24, 2.45) is 4.99 Å². The van der Waals surface area contributed by atoms with E-state index in [0.29, 0.717) is 6.04 Å². The molecule has 0 unspecified atom stereocenters. The Bertz CT molecular complexity index is 752. The second-order valence-electron chi connectivity index (χ2n) is 6.31. The van der Waals surface area contributed by atoms with Crippen molar-refractivity contribution in [2.75, 3.05) is 17.7 Å². The molecule has 0 radical (unpaired) electrons. The molecule has 23 heavy (non-hydrogen) atoms. The van der Waals surface area contributed by atoms with Gasteiger partial charge in [0.05, 0.1) is 29.5 Å². The van der Waals surface area contributed by atoms with E-state index in [-0.39, 0.29) is 12.6 Å². The molecule has 0 spiro atoms. The summed E-state index contributed by atoms with van der Waals surface area (Å²) in [6, 6.07) is 7.06. The van der Waals surface area contributed by atoms with E-state index >= 15 is 0 Å². The van der Waals surface area contributed by atoms with Crippen molar-refractivity contribution in [2.45, 2.75) is 37.8 Å². The van der Waals surface area contributed by atoms with Gasteiger partial charge < -0.3 is 15.4 Å². The molecule has 1 aliphatic carbocycles. The van der Waals surface area contributed by atoms with E-state index in [1.807, 2.05) is 0 Å². The van der Waals surface area contributed by atoms with Gasteiger partial charge in [0.25, 0.3) is 0 Å². The molecule has 1 fully saturated rings. The highest BCUT2D eigenvalue weighted by molar-refractivity contribution is 9.10. The lowest BCUT2D eigenvalue weighted by Crippen LogP contribution is -2.14. The summed E-state index contributed by atoms with van der Waals surface area (Å²) in [7, 11) is 0. The van der Waals surface area contributed by atoms with Crippen molar-refractivity contribution >= 4 is 49.3 Å². The number of benzene rings is 1. The highest BCUT2D eigenvalue weighted by Crippen LogP contribution is 2.33. The fourth-order valence-corrected chi connectivity index (χ4v) is 4.88. The second kappa shape index (κ2) is 6.49. The Labute approximate surface area is 148 Å². The summed E-state index contributed by atoms with van der Waals surface area (Å²) in [6.07, 6.45) is 5.15. The van der Waals surface area contributed by atoms with Crippen molar-refractivity contribution in [1.82, 2.24) is 4.98 Å². The fourth-order valence-electron chi connectivity index (χ4n) is 3.38. The average molecular weight is 394 g/mol. The number of fused-ring (bicyclic) bond motifs is 1. The second-order valence-corrected chi connectivity index (χ2v) is 8.23. The maximum atomic E-state index is 9.26. The van der Waals surface area contributed by atoms with Crippen LogP contribution in [0, 0.1) is 0 Å². The van der Waals surface area contributed by atoms with Crippen LogP contribution in [-0.2, 0) is 0 Å². The molecule has 2 aromatic rings. The third kappa shape index (κ3) is 3.16. The minimum absolute atomic E-state index is 0.0317. The SMILES string of the molecule is OC[C@@H]1CSC(c2cc3cc(Br)cc(NC4CCCC4)c3[nH]2)=N1. The Morgan fingerprint density at radius 2 is 2.13 bits per heavy atom. The van der Waals surface area contributed by atoms with Gasteiger partial charge in [0.1, 0.15) is 5.04 Å². The molecule has 6 heteroatoms. The quantitative estimate of drug-likeness (QED) is 0.731. The third-order valence-corrected chi connectivity index (χ3v) is 6.17. The topological polar surface area (TPSA) is 60.4 Å². The molecule has 4 rings (SSSR count). The molecule has 1 atom stereocenters. The Morgan fingerprint density at radius 3 is 2.87 bits per heavy atom. The number of thioether (sulfide) groups is 1. The summed E-state index contributed by atoms with van der Waals surface area (Å²) in [4.78, 5) is 8.13. The number of aliphatic hydroxyl groups excluding tert-OH is 1. The third-order valence-electron chi connectivity index (χ3n) is 4.56. The van der Waals surface area contributed by atoms with E-state index in [2.05, 4.69) is 49.4 Å². The van der Waals surface area contributed by atoms with E-state index in [9.17, 15) is 5.11 Å². The highest BCUT2D eigenvalue weighted by Gasteiger charge is 2.21. The van der Waals surface area contributed by atoms with Crippen molar-refractivity contribution < 1.29 is 5.11 Å². The molecular formula is C17H20BrN3OS. The normalized spacial score (nSPS) is 22.0. The summed E-state index contributed by atoms with van der Waals surface area (Å²) in [5, 5.41) is 15.2. The van der Waals surface area contributed by atoms with Gasteiger partial charge in [-0.3, -0.25) is 4.99 Å². The van der Waals surface area contributed by atoms with Gasteiger partial charge >= 0.3 is 0 Å². The lowest BCUT2D eigenvalue weighted by Gasteiger charge is -2.14. The minimum atomic E-state index is 0.0317. The number of H-pyrrole nitrogens is 1. The summed E-state index contributed by atoms with van der Waals surface area (Å²) >= 11 is 5.34. The van der Waals surface area contributed by atoms with E-state index in [0.717, 1.165) is 32.2 Å². The number of rotatable bonds is 4. The summed E-state index contributed by atoms with van der Waals surface area (Å²) in [6.45, 7) is 0.122. The van der Waals surface area contributed by atoms with Gasteiger partial charge in [-0.25, -0.2) is 0 Å². The first-order valence-electron chi connectivity index (χ1n) is 8.13. The standard InChI is InChI=1S/C17H20BrN3OS/c18-11-5-10-6-15(17-20-13(8-22)9-23-17)21-16(10)14(7-11)19-12-3-1-2-4-12/h5-7,12-13,19,21-22H,1-4,8-9H2/t13-/m1/s1. The molecule has 1 aliphatic heterocycles. The van der Waals surface area contributed by atoms with Gasteiger partial charge in [-0.2, -0.15) is 0 Å². The van der Waals surface area contributed by atoms with Gasteiger partial charge in [-0.05, 0) is 31.0 Å². The zero-order chi connectivity index (χ0) is 15.8. The van der Waals surface area contributed by atoms with Gasteiger partial charge in [-0.15, -0.1) is 11.8 Å². The number of aliphatic imine (C=N–C) groups is 1. The molecule has 0 saturated heterocycles. The number of aromatic amines is 1. The first-order valence-corrected chi connectivity index (χ1v) is 9.91. The van der Waals surface area contributed by atoms with Crippen LogP contribution in [-0.4, -0.2) is 39.6 Å². The molecule has 122 valence electrons. The predicted molar refractivity (Wildman–Crippen MR) is 102 cm³/mol. The van der Waals surface area contributed by atoms with E-state index in [1.54, 1.807) is 11.8 Å². The van der Waals surface area contributed by atoms with Crippen LogP contribution in [0.5, 0.6) is 0 Å². The lowest BCUT2D eigenvalue weighted by molar-refractivity contribution is 0.277. The largest absolute Gasteiger partial charge is 0.394 e. The molecular weight excluding hydrogens is 374 g/mol. The molecule has 4 nitrogen and oxygen atoms in total. The summed E-state index contributed by atoms with van der Waals surface area (Å²) in [5.41, 5.74) is 3.36. The summed E-state index contributed by atoms with van der Waals surface area (Å²) in [5.74, 6) is 0.859. The van der Waals surface area contributed by atoms with Crippen LogP contribution in [0.4, 0.5) is 5.69 Å². The van der Waals surface area contributed by atoms with Crippen LogP contribution >= 0.6 is 27.7 Å². The molecule has 3 N–H and O–H groups in total. The predicted octanol–water partition coefficient (Wildman–Crippen LogP) is 4.14. The number of anilines is 1. The number of halogens is 1. The van der Waals surface area contributed by atoms with Gasteiger partial charge in [0, 0.05) is 21.7 Å². The number of nitrogens with one attached hydrogen (secondary N) is 2. The van der Waals surface area contributed by atoms with Gasteiger partial charge in [-0.1, -0.05) is 28.8 Å². The molecule has 2 heterocycles. The number of nitrogens with zero attached hydrogens (tertiary/aromatic N) is 1. The van der Waals surface area contributed by atoms with Crippen LogP contribution in [0.25, 0.3) is 10.9 Å². The van der Waals surface area contributed by atoms with Crippen LogP contribution in [0.1, 0.15) is 31.4 Å². The Kier molecular flexibility index (Phi) is 4.39. The first-order chi connectivity index (χ1) is 11.2. The van der Waals surface area contributed by atoms with Crippen molar-refractivity contribution in [3.63, 3.8) is 0 Å². The van der Waals surface area contributed by atoms with Crippen LogP contribution in [0.2, 0.25) is 0 Å². The van der Waals surface area contributed by atoms with E-state index in [4.69, 9.17) is 0 Å². The Balaban J connectivity index is 1.70. The number of hydrogen-bond donors (Lipinski definition) is 3. The molecule has 1 aromatic carbocycles. The van der Waals surface area contributed by atoms with Crippen molar-refractivity contribution in [3.8, 4) is 0 Å². The van der Waals surface area contributed by atoms with E-state index in [1.165, 1.54) is 31.1 Å². The number of aromatic nitrogens is 1. The van der Waals surface area contributed by atoms with Gasteiger partial charge in [0.15, 0.2) is 0 Å². The fraction of sp³-hybridized carbons (Fsp3) is 0.471. The van der Waals surface area contributed by atoms with Crippen LogP contribution in [0.3, 0.4) is 0 Å². The van der Waals surface area contributed by atoms with Crippen molar-refractivity contribution in [3.05, 3.63) is 28.4 Å². The maximum Gasteiger partial charge on any atom is 0.115 e. The molecule has 0 amide bonds. The monoisotopic (exact) mass is 393 g/mol. The van der Waals surface area contributed by atoms with Crippen LogP contribution < -0.4 is 5.32 Å². The molecule has 0 bridgehead atoms. The molecule has 1 aromatic heterocycles. The van der Waals surface area contributed by atoms with Crippen LogP contribution in [0.15, 0.2) is 27.7 Å². The zero-order valence-corrected chi connectivity index (χ0v) is 15.2. The Morgan fingerprint density at radius 1 is 1.30 bits per heavy atom. The highest BCUT2D eigenvalue weighted by atomic mass is 79.9. The lowest BCUT2D eigenvalue weighted by atomic mass is 10.2. The van der Waals surface area contributed by atoms with E-state index < -0.39 is 0 Å². The van der Waals surface area contributed by atoms with Gasteiger partial charge in [0.2, 0.25) is 0 Å². The van der Waals surface area contributed by atoms with Crippen molar-refractivity contribution in [1.29, 1.82) is 0 Å². The maximum absolute atomic E-state index is 9.26. The smallest absolute Gasteiger partial charge is 0.115 e. The number of aliphatic hydroxyl groups is 1. The Hall–Kier alpha value is -0.980. The summed E-state index contributed by atoms with van der Waals surface area (Å²) < 4.78 is 1.09.